The van der Waals surface area contributed by atoms with Crippen molar-refractivity contribution in [2.75, 3.05) is 0 Å². The first-order valence-corrected chi connectivity index (χ1v) is 4.79. The van der Waals surface area contributed by atoms with Gasteiger partial charge in [-0.05, 0) is 31.9 Å². The molecule has 2 heteroatoms. The fraction of sp³-hybridized carbons (Fsp3) is 0.154. The molecule has 15 heavy (non-hydrogen) atoms. The van der Waals surface area contributed by atoms with Gasteiger partial charge >= 0.3 is 0 Å². The molecular weight excluding hydrogens is 184 g/mol. The maximum absolute atomic E-state index is 4.16. The van der Waals surface area contributed by atoms with Crippen LogP contribution in [-0.2, 0) is 0 Å². The lowest BCUT2D eigenvalue weighted by molar-refractivity contribution is 1.21. The van der Waals surface area contributed by atoms with Crippen LogP contribution < -0.4 is 5.32 Å². The predicted octanol–water partition coefficient (Wildman–Crippen LogP) is 2.22. The van der Waals surface area contributed by atoms with Crippen molar-refractivity contribution >= 4 is 5.84 Å². The monoisotopic (exact) mass is 195 g/mol. The second kappa shape index (κ2) is 4.02. The maximum atomic E-state index is 4.16. The summed E-state index contributed by atoms with van der Waals surface area (Å²) in [5, 5.41) is 4.16. The van der Waals surface area contributed by atoms with Crippen LogP contribution >= 0.6 is 0 Å². The van der Waals surface area contributed by atoms with E-state index in [2.05, 4.69) is 29.1 Å². The van der Waals surface area contributed by atoms with Gasteiger partial charge in [-0.25, -0.2) is 10.3 Å². The number of aryl methyl sites for hydroxylation is 1. The molecule has 0 fully saturated rings. The van der Waals surface area contributed by atoms with E-state index in [1.165, 1.54) is 5.56 Å². The zero-order valence-corrected chi connectivity index (χ0v) is 8.78. The number of aliphatic imine (C=N–C) groups is 1. The molecule has 73 valence electrons. The summed E-state index contributed by atoms with van der Waals surface area (Å²) >= 11 is 0. The van der Waals surface area contributed by atoms with Crippen molar-refractivity contribution in [3.8, 4) is 11.8 Å². The molecule has 1 aromatic carbocycles. The summed E-state index contributed by atoms with van der Waals surface area (Å²) in [5.41, 5.74) is 2.97. The molecule has 1 aliphatic heterocycles. The molecule has 0 unspecified atom stereocenters. The molecule has 1 radical (unpaired) electrons. The SMILES string of the molecule is CC1=NC=C(C#Cc2ccc(C)cc2)[N]1. The van der Waals surface area contributed by atoms with Crippen molar-refractivity contribution in [3.63, 3.8) is 0 Å². The number of nitrogens with zero attached hydrogens (tertiary/aromatic N) is 2. The first kappa shape index (κ1) is 9.54. The van der Waals surface area contributed by atoms with Gasteiger partial charge in [0.1, 0.15) is 11.5 Å². The zero-order valence-electron chi connectivity index (χ0n) is 8.78. The summed E-state index contributed by atoms with van der Waals surface area (Å²) in [6.45, 7) is 3.92. The van der Waals surface area contributed by atoms with Gasteiger partial charge in [0.15, 0.2) is 0 Å². The van der Waals surface area contributed by atoms with Crippen LogP contribution in [-0.4, -0.2) is 5.84 Å². The molecule has 0 saturated carbocycles. The van der Waals surface area contributed by atoms with Crippen molar-refractivity contribution in [2.24, 2.45) is 4.99 Å². The molecule has 0 saturated heterocycles. The minimum Gasteiger partial charge on any atom is -0.239 e. The van der Waals surface area contributed by atoms with Gasteiger partial charge in [0, 0.05) is 5.56 Å². The lowest BCUT2D eigenvalue weighted by atomic mass is 10.1. The Bertz CT molecular complexity index is 482. The minimum absolute atomic E-state index is 0.730. The largest absolute Gasteiger partial charge is 0.239 e. The highest BCUT2D eigenvalue weighted by atomic mass is 15.0. The van der Waals surface area contributed by atoms with E-state index >= 15 is 0 Å². The number of amidine groups is 1. The van der Waals surface area contributed by atoms with E-state index in [1.807, 2.05) is 31.2 Å². The van der Waals surface area contributed by atoms with Gasteiger partial charge < -0.3 is 0 Å². The van der Waals surface area contributed by atoms with Crippen LogP contribution in [0.3, 0.4) is 0 Å². The van der Waals surface area contributed by atoms with Crippen LogP contribution in [0.15, 0.2) is 41.2 Å². The van der Waals surface area contributed by atoms with Gasteiger partial charge in [-0.3, -0.25) is 0 Å². The molecule has 0 N–H and O–H groups in total. The normalized spacial score (nSPS) is 13.5. The van der Waals surface area contributed by atoms with Crippen molar-refractivity contribution in [2.45, 2.75) is 13.8 Å². The Balaban J connectivity index is 2.10. The average molecular weight is 195 g/mol. The number of hydrogen-bond donors (Lipinski definition) is 0. The van der Waals surface area contributed by atoms with E-state index in [0.717, 1.165) is 17.1 Å². The second-order valence-corrected chi connectivity index (χ2v) is 3.42. The number of hydrogen-bond acceptors (Lipinski definition) is 1. The van der Waals surface area contributed by atoms with Gasteiger partial charge in [-0.15, -0.1) is 0 Å². The molecule has 2 nitrogen and oxygen atoms in total. The fourth-order valence-corrected chi connectivity index (χ4v) is 1.22. The van der Waals surface area contributed by atoms with Crippen molar-refractivity contribution in [1.29, 1.82) is 0 Å². The van der Waals surface area contributed by atoms with Gasteiger partial charge in [0.25, 0.3) is 0 Å². The van der Waals surface area contributed by atoms with Gasteiger partial charge in [-0.2, -0.15) is 0 Å². The van der Waals surface area contributed by atoms with E-state index in [-0.39, 0.29) is 0 Å². The van der Waals surface area contributed by atoms with Crippen LogP contribution in [0.1, 0.15) is 18.1 Å². The van der Waals surface area contributed by atoms with Crippen LogP contribution in [0.2, 0.25) is 0 Å². The Morgan fingerprint density at radius 2 is 1.73 bits per heavy atom. The predicted molar refractivity (Wildman–Crippen MR) is 61.4 cm³/mol. The topological polar surface area (TPSA) is 26.5 Å². The Labute approximate surface area is 89.7 Å². The molecule has 0 amide bonds. The maximum Gasteiger partial charge on any atom is 0.134 e. The highest BCUT2D eigenvalue weighted by Gasteiger charge is 2.02. The molecule has 1 heterocycles. The zero-order chi connectivity index (χ0) is 10.7. The summed E-state index contributed by atoms with van der Waals surface area (Å²) in [7, 11) is 0. The fourth-order valence-electron chi connectivity index (χ4n) is 1.22. The van der Waals surface area contributed by atoms with Crippen molar-refractivity contribution in [1.82, 2.24) is 5.32 Å². The van der Waals surface area contributed by atoms with E-state index in [0.29, 0.717) is 0 Å². The Morgan fingerprint density at radius 3 is 2.33 bits per heavy atom. The first-order chi connectivity index (χ1) is 7.24. The molecule has 0 atom stereocenters. The van der Waals surface area contributed by atoms with Gasteiger partial charge in [0.05, 0.1) is 6.20 Å². The Hall–Kier alpha value is -2.01. The molecule has 0 bridgehead atoms. The molecule has 1 aliphatic rings. The van der Waals surface area contributed by atoms with Crippen LogP contribution in [0.5, 0.6) is 0 Å². The summed E-state index contributed by atoms with van der Waals surface area (Å²) in [5.74, 6) is 6.79. The third kappa shape index (κ3) is 2.47. The summed E-state index contributed by atoms with van der Waals surface area (Å²) in [6.07, 6.45) is 1.69. The van der Waals surface area contributed by atoms with Crippen LogP contribution in [0, 0.1) is 18.8 Å². The molecule has 0 aliphatic carbocycles. The van der Waals surface area contributed by atoms with Gasteiger partial charge in [0.2, 0.25) is 0 Å². The third-order valence-corrected chi connectivity index (χ3v) is 2.04. The van der Waals surface area contributed by atoms with E-state index in [1.54, 1.807) is 6.20 Å². The lowest BCUT2D eigenvalue weighted by Crippen LogP contribution is -2.04. The lowest BCUT2D eigenvalue weighted by Gasteiger charge is -1.92. The molecule has 0 spiro atoms. The van der Waals surface area contributed by atoms with E-state index in [4.69, 9.17) is 0 Å². The van der Waals surface area contributed by atoms with Crippen molar-refractivity contribution in [3.05, 3.63) is 47.3 Å². The molecular formula is C13H11N2. The second-order valence-electron chi connectivity index (χ2n) is 3.42. The van der Waals surface area contributed by atoms with Crippen molar-refractivity contribution < 1.29 is 0 Å². The summed E-state index contributed by atoms with van der Waals surface area (Å²) < 4.78 is 0. The molecule has 2 rings (SSSR count). The van der Waals surface area contributed by atoms with Crippen LogP contribution in [0.4, 0.5) is 0 Å². The Morgan fingerprint density at radius 1 is 1.00 bits per heavy atom. The summed E-state index contributed by atoms with van der Waals surface area (Å²) in [4.78, 5) is 4.03. The highest BCUT2D eigenvalue weighted by Crippen LogP contribution is 2.03. The van der Waals surface area contributed by atoms with Crippen LogP contribution in [0.25, 0.3) is 0 Å². The summed E-state index contributed by atoms with van der Waals surface area (Å²) in [6, 6.07) is 8.11. The third-order valence-electron chi connectivity index (χ3n) is 2.04. The standard InChI is InChI=1S/C13H11N2/c1-10-3-5-12(6-4-10)7-8-13-9-14-11(2)15-13/h3-6,9H,1-2H3. The van der Waals surface area contributed by atoms with E-state index < -0.39 is 0 Å². The highest BCUT2D eigenvalue weighted by molar-refractivity contribution is 5.84. The number of allylic oxidation sites excluding steroid dienone is 1. The van der Waals surface area contributed by atoms with Gasteiger partial charge in [-0.1, -0.05) is 23.6 Å². The number of benzene rings is 1. The molecule has 1 aromatic rings. The molecule has 0 aromatic heterocycles. The minimum atomic E-state index is 0.730. The smallest absolute Gasteiger partial charge is 0.134 e. The van der Waals surface area contributed by atoms with E-state index in [9.17, 15) is 0 Å². The first-order valence-electron chi connectivity index (χ1n) is 4.79. The Kier molecular flexibility index (Phi) is 2.55. The average Bonchev–Trinajstić information content (AvgIpc) is 2.64. The number of rotatable bonds is 0. The quantitative estimate of drug-likeness (QED) is 0.567.